The van der Waals surface area contributed by atoms with Crippen LogP contribution < -0.4 is 14.2 Å². The summed E-state index contributed by atoms with van der Waals surface area (Å²) in [6.07, 6.45) is 2.05. The number of rotatable bonds is 12. The molecule has 0 N–H and O–H groups in total. The standard InChI is InChI=1S/C30H30N4O4S/c1-4-35-25-17-22(18-26(36-5-2)28(25)37-6-3)29-31-32-30(38-29)39-20-23-19-34(24-15-11-8-12-16-24)33-27(23)21-13-9-7-10-14-21/h7-19H,4-6,20H2,1-3H3. The molecule has 9 heteroatoms. The van der Waals surface area contributed by atoms with E-state index in [0.717, 1.165) is 22.5 Å². The van der Waals surface area contributed by atoms with E-state index >= 15 is 0 Å². The average molecular weight is 543 g/mol. The second kappa shape index (κ2) is 12.5. The van der Waals surface area contributed by atoms with E-state index in [1.807, 2.05) is 86.1 Å². The molecule has 39 heavy (non-hydrogen) atoms. The molecule has 0 fully saturated rings. The maximum atomic E-state index is 6.06. The van der Waals surface area contributed by atoms with Crippen LogP contribution in [0.3, 0.4) is 0 Å². The molecule has 0 aliphatic carbocycles. The van der Waals surface area contributed by atoms with Crippen molar-refractivity contribution in [3.8, 4) is 45.6 Å². The third-order valence-corrected chi connectivity index (χ3v) is 6.64. The van der Waals surface area contributed by atoms with Crippen LogP contribution >= 0.6 is 11.8 Å². The van der Waals surface area contributed by atoms with Crippen molar-refractivity contribution < 1.29 is 18.6 Å². The summed E-state index contributed by atoms with van der Waals surface area (Å²) in [6.45, 7) is 7.24. The van der Waals surface area contributed by atoms with E-state index in [9.17, 15) is 0 Å². The van der Waals surface area contributed by atoms with Gasteiger partial charge in [0.2, 0.25) is 11.6 Å². The Kier molecular flexibility index (Phi) is 8.48. The zero-order chi connectivity index (χ0) is 27.0. The number of thioether (sulfide) groups is 1. The summed E-state index contributed by atoms with van der Waals surface area (Å²) in [6, 6.07) is 23.9. The van der Waals surface area contributed by atoms with E-state index < -0.39 is 0 Å². The lowest BCUT2D eigenvalue weighted by Gasteiger charge is -2.16. The van der Waals surface area contributed by atoms with Gasteiger partial charge in [0.05, 0.1) is 31.2 Å². The molecule has 0 spiro atoms. The Balaban J connectivity index is 1.41. The summed E-state index contributed by atoms with van der Waals surface area (Å²) in [5, 5.41) is 13.9. The van der Waals surface area contributed by atoms with Crippen LogP contribution in [-0.2, 0) is 5.75 Å². The Morgan fingerprint density at radius 2 is 1.41 bits per heavy atom. The lowest BCUT2D eigenvalue weighted by Crippen LogP contribution is -2.03. The van der Waals surface area contributed by atoms with Crippen LogP contribution in [0.15, 0.2) is 88.6 Å². The highest BCUT2D eigenvalue weighted by molar-refractivity contribution is 7.98. The third-order valence-electron chi connectivity index (χ3n) is 5.77. The Bertz CT molecular complexity index is 1480. The smallest absolute Gasteiger partial charge is 0.277 e. The van der Waals surface area contributed by atoms with Crippen LogP contribution in [0.5, 0.6) is 17.2 Å². The maximum Gasteiger partial charge on any atom is 0.277 e. The second-order valence-electron chi connectivity index (χ2n) is 8.41. The highest BCUT2D eigenvalue weighted by Gasteiger charge is 2.20. The Hall–Kier alpha value is -4.24. The molecule has 0 radical (unpaired) electrons. The number of benzene rings is 3. The zero-order valence-corrected chi connectivity index (χ0v) is 23.0. The predicted molar refractivity (Wildman–Crippen MR) is 152 cm³/mol. The van der Waals surface area contributed by atoms with E-state index in [2.05, 4.69) is 28.5 Å². The van der Waals surface area contributed by atoms with E-state index in [1.165, 1.54) is 11.8 Å². The number of hydrogen-bond donors (Lipinski definition) is 0. The minimum atomic E-state index is 0.380. The van der Waals surface area contributed by atoms with Crippen molar-refractivity contribution >= 4 is 11.8 Å². The highest BCUT2D eigenvalue weighted by atomic mass is 32.2. The van der Waals surface area contributed by atoms with Crippen molar-refractivity contribution in [2.75, 3.05) is 19.8 Å². The molecule has 2 aromatic heterocycles. The summed E-state index contributed by atoms with van der Waals surface area (Å²) in [7, 11) is 0. The summed E-state index contributed by atoms with van der Waals surface area (Å²) in [4.78, 5) is 0. The van der Waals surface area contributed by atoms with Gasteiger partial charge in [0.25, 0.3) is 5.22 Å². The van der Waals surface area contributed by atoms with Crippen molar-refractivity contribution in [1.82, 2.24) is 20.0 Å². The number of para-hydroxylation sites is 1. The van der Waals surface area contributed by atoms with Crippen molar-refractivity contribution in [2.24, 2.45) is 0 Å². The van der Waals surface area contributed by atoms with E-state index in [-0.39, 0.29) is 0 Å². The molecule has 8 nitrogen and oxygen atoms in total. The quantitative estimate of drug-likeness (QED) is 0.155. The van der Waals surface area contributed by atoms with Gasteiger partial charge in [-0.25, -0.2) is 4.68 Å². The predicted octanol–water partition coefficient (Wildman–Crippen LogP) is 7.08. The first-order chi connectivity index (χ1) is 19.2. The largest absolute Gasteiger partial charge is 0.490 e. The van der Waals surface area contributed by atoms with Crippen LogP contribution in [0.2, 0.25) is 0 Å². The topological polar surface area (TPSA) is 84.4 Å². The molecule has 2 heterocycles. The fraction of sp³-hybridized carbons (Fsp3) is 0.233. The number of ether oxygens (including phenoxy) is 3. The fourth-order valence-electron chi connectivity index (χ4n) is 4.10. The first-order valence-corrected chi connectivity index (χ1v) is 13.9. The normalized spacial score (nSPS) is 10.9. The van der Waals surface area contributed by atoms with Crippen molar-refractivity contribution in [1.29, 1.82) is 0 Å². The van der Waals surface area contributed by atoms with Gasteiger partial charge in [-0.2, -0.15) is 5.10 Å². The molecule has 0 bridgehead atoms. The average Bonchev–Trinajstić information content (AvgIpc) is 3.62. The molecule has 0 aliphatic rings. The highest BCUT2D eigenvalue weighted by Crippen LogP contribution is 2.42. The Morgan fingerprint density at radius 3 is 2.05 bits per heavy atom. The van der Waals surface area contributed by atoms with Gasteiger partial charge < -0.3 is 18.6 Å². The first-order valence-electron chi connectivity index (χ1n) is 12.9. The van der Waals surface area contributed by atoms with E-state index in [0.29, 0.717) is 59.5 Å². The molecule has 5 aromatic rings. The van der Waals surface area contributed by atoms with Gasteiger partial charge in [-0.15, -0.1) is 10.2 Å². The minimum Gasteiger partial charge on any atom is -0.490 e. The van der Waals surface area contributed by atoms with Crippen LogP contribution in [0.25, 0.3) is 28.4 Å². The van der Waals surface area contributed by atoms with Crippen LogP contribution in [0.4, 0.5) is 0 Å². The van der Waals surface area contributed by atoms with Crippen molar-refractivity contribution in [3.63, 3.8) is 0 Å². The van der Waals surface area contributed by atoms with Gasteiger partial charge in [0, 0.05) is 28.6 Å². The van der Waals surface area contributed by atoms with Crippen LogP contribution in [-0.4, -0.2) is 39.8 Å². The number of nitrogens with zero attached hydrogens (tertiary/aromatic N) is 4. The molecular formula is C30H30N4O4S. The third kappa shape index (κ3) is 6.09. The molecule has 0 aliphatic heterocycles. The van der Waals surface area contributed by atoms with Gasteiger partial charge >= 0.3 is 0 Å². The fourth-order valence-corrected chi connectivity index (χ4v) is 4.83. The van der Waals surface area contributed by atoms with E-state index in [4.69, 9.17) is 23.7 Å². The second-order valence-corrected chi connectivity index (χ2v) is 9.34. The summed E-state index contributed by atoms with van der Waals surface area (Å²) >= 11 is 1.47. The molecule has 200 valence electrons. The molecule has 0 unspecified atom stereocenters. The van der Waals surface area contributed by atoms with Gasteiger partial charge in [-0.3, -0.25) is 0 Å². The lowest BCUT2D eigenvalue weighted by atomic mass is 10.1. The lowest BCUT2D eigenvalue weighted by molar-refractivity contribution is 0.261. The monoisotopic (exact) mass is 542 g/mol. The Morgan fingerprint density at radius 1 is 0.769 bits per heavy atom. The maximum absolute atomic E-state index is 6.06. The van der Waals surface area contributed by atoms with E-state index in [1.54, 1.807) is 0 Å². The molecule has 0 saturated carbocycles. The molecule has 5 rings (SSSR count). The van der Waals surface area contributed by atoms with Gasteiger partial charge in [-0.1, -0.05) is 60.3 Å². The molecule has 0 amide bonds. The molecular weight excluding hydrogens is 512 g/mol. The van der Waals surface area contributed by atoms with Gasteiger partial charge in [-0.05, 0) is 45.0 Å². The van der Waals surface area contributed by atoms with Crippen molar-refractivity contribution in [2.45, 2.75) is 31.7 Å². The minimum absolute atomic E-state index is 0.380. The molecule has 0 saturated heterocycles. The molecule has 3 aromatic carbocycles. The summed E-state index contributed by atoms with van der Waals surface area (Å²) in [5.74, 6) is 2.71. The van der Waals surface area contributed by atoms with Crippen LogP contribution in [0, 0.1) is 0 Å². The molecule has 0 atom stereocenters. The zero-order valence-electron chi connectivity index (χ0n) is 22.2. The SMILES string of the molecule is CCOc1cc(-c2nnc(SCc3cn(-c4ccccc4)nc3-c3ccccc3)o2)cc(OCC)c1OCC. The van der Waals surface area contributed by atoms with Gasteiger partial charge in [0.15, 0.2) is 11.5 Å². The summed E-state index contributed by atoms with van der Waals surface area (Å²) < 4.78 is 25.4. The van der Waals surface area contributed by atoms with Gasteiger partial charge in [0.1, 0.15) is 0 Å². The summed E-state index contributed by atoms with van der Waals surface area (Å²) in [5.41, 5.74) is 4.73. The number of hydrogen-bond acceptors (Lipinski definition) is 8. The van der Waals surface area contributed by atoms with Crippen LogP contribution in [0.1, 0.15) is 26.3 Å². The number of aromatic nitrogens is 4. The Labute approximate surface area is 231 Å². The van der Waals surface area contributed by atoms with Crippen molar-refractivity contribution in [3.05, 3.63) is 84.6 Å². The first kappa shape index (κ1) is 26.4.